The average molecular weight is 624 g/mol. The molecule has 0 atom stereocenters. The van der Waals surface area contributed by atoms with Crippen LogP contribution in [0.4, 0.5) is 5.69 Å². The lowest BCUT2D eigenvalue weighted by molar-refractivity contribution is 1.18. The number of pyridine rings is 1. The summed E-state index contributed by atoms with van der Waals surface area (Å²) in [5, 5.41) is 4.84. The van der Waals surface area contributed by atoms with Crippen molar-refractivity contribution in [3.8, 4) is 50.5 Å². The summed E-state index contributed by atoms with van der Waals surface area (Å²) in [5.74, 6) is 0. The Morgan fingerprint density at radius 3 is 1.96 bits per heavy atom. The van der Waals surface area contributed by atoms with Gasteiger partial charge in [0, 0.05) is 27.6 Å². The second-order valence-corrected chi connectivity index (χ2v) is 12.3. The summed E-state index contributed by atoms with van der Waals surface area (Å²) < 4.78 is 2.37. The first-order valence-electron chi connectivity index (χ1n) is 16.4. The van der Waals surface area contributed by atoms with E-state index in [4.69, 9.17) is 11.6 Å². The zero-order valence-electron chi connectivity index (χ0n) is 26.6. The van der Waals surface area contributed by atoms with Gasteiger partial charge in [0.05, 0.1) is 29.0 Å². The summed E-state index contributed by atoms with van der Waals surface area (Å²) in [7, 11) is 0. The molecule has 49 heavy (non-hydrogen) atoms. The molecular weight excluding hydrogens is 595 g/mol. The van der Waals surface area contributed by atoms with Gasteiger partial charge in [-0.05, 0) is 75.5 Å². The molecule has 0 radical (unpaired) electrons. The number of benzene rings is 7. The van der Waals surface area contributed by atoms with E-state index < -0.39 is 0 Å². The Morgan fingerprint density at radius 1 is 0.429 bits per heavy atom. The number of hydrogen-bond donors (Lipinski definition) is 0. The monoisotopic (exact) mass is 623 g/mol. The van der Waals surface area contributed by atoms with Gasteiger partial charge in [0.2, 0.25) is 0 Å². The second-order valence-electron chi connectivity index (χ2n) is 12.3. The molecule has 0 saturated carbocycles. The van der Waals surface area contributed by atoms with Crippen molar-refractivity contribution in [1.82, 2.24) is 9.55 Å². The molecule has 228 valence electrons. The Kier molecular flexibility index (Phi) is 6.85. The molecule has 0 bridgehead atoms. The molecule has 0 aliphatic heterocycles. The topological polar surface area (TPSA) is 22.2 Å². The summed E-state index contributed by atoms with van der Waals surface area (Å²) >= 11 is 0. The van der Waals surface area contributed by atoms with Crippen molar-refractivity contribution in [2.24, 2.45) is 0 Å². The molecule has 9 aromatic rings. The Morgan fingerprint density at radius 2 is 1.08 bits per heavy atom. The van der Waals surface area contributed by atoms with Crippen molar-refractivity contribution in [2.45, 2.75) is 0 Å². The van der Waals surface area contributed by atoms with Crippen molar-refractivity contribution in [3.05, 3.63) is 187 Å². The summed E-state index contributed by atoms with van der Waals surface area (Å²) in [5.41, 5.74) is 12.0. The van der Waals surface area contributed by atoms with Crippen LogP contribution in [0.15, 0.2) is 176 Å². The number of rotatable bonds is 5. The zero-order valence-corrected chi connectivity index (χ0v) is 26.6. The Labute approximate surface area is 284 Å². The SMILES string of the molecule is [C-]#[N+]c1ccccc1-c1cc(-c2cccc(-c3ccccc3)n2)cc(-n2c3ccccc3c3ccc(-c4cccc5ccccc45)cc32)c1. The van der Waals surface area contributed by atoms with Crippen LogP contribution in [0.5, 0.6) is 0 Å². The largest absolute Gasteiger partial charge is 0.309 e. The fourth-order valence-electron chi connectivity index (χ4n) is 7.12. The van der Waals surface area contributed by atoms with E-state index in [0.717, 1.165) is 50.4 Å². The zero-order chi connectivity index (χ0) is 32.7. The minimum Gasteiger partial charge on any atom is -0.309 e. The van der Waals surface area contributed by atoms with E-state index in [2.05, 4.69) is 143 Å². The summed E-state index contributed by atoms with van der Waals surface area (Å²) in [4.78, 5) is 9.04. The normalized spacial score (nSPS) is 11.2. The van der Waals surface area contributed by atoms with Crippen LogP contribution in [-0.2, 0) is 0 Å². The lowest BCUT2D eigenvalue weighted by atomic mass is 9.97. The maximum Gasteiger partial charge on any atom is 0.194 e. The summed E-state index contributed by atoms with van der Waals surface area (Å²) in [6.45, 7) is 7.95. The van der Waals surface area contributed by atoms with Gasteiger partial charge in [-0.2, -0.15) is 0 Å². The summed E-state index contributed by atoms with van der Waals surface area (Å²) in [6.07, 6.45) is 0. The van der Waals surface area contributed by atoms with Crippen molar-refractivity contribution >= 4 is 38.3 Å². The van der Waals surface area contributed by atoms with Crippen molar-refractivity contribution in [2.75, 3.05) is 0 Å². The van der Waals surface area contributed by atoms with E-state index in [9.17, 15) is 0 Å². The quantitative estimate of drug-likeness (QED) is 0.175. The second kappa shape index (κ2) is 11.8. The lowest BCUT2D eigenvalue weighted by Crippen LogP contribution is -1.97. The molecule has 2 aromatic heterocycles. The minimum absolute atomic E-state index is 0.622. The first kappa shape index (κ1) is 28.5. The van der Waals surface area contributed by atoms with Gasteiger partial charge in [0.15, 0.2) is 5.69 Å². The van der Waals surface area contributed by atoms with E-state index in [0.29, 0.717) is 5.69 Å². The molecule has 0 aliphatic carbocycles. The molecule has 3 nitrogen and oxygen atoms in total. The van der Waals surface area contributed by atoms with Gasteiger partial charge in [-0.25, -0.2) is 9.83 Å². The minimum atomic E-state index is 0.622. The fraction of sp³-hybridized carbons (Fsp3) is 0. The van der Waals surface area contributed by atoms with Crippen LogP contribution in [-0.4, -0.2) is 9.55 Å². The van der Waals surface area contributed by atoms with E-state index in [1.807, 2.05) is 42.5 Å². The first-order valence-corrected chi connectivity index (χ1v) is 16.4. The molecule has 9 rings (SSSR count). The smallest absolute Gasteiger partial charge is 0.194 e. The predicted octanol–water partition coefficient (Wildman–Crippen LogP) is 12.6. The third-order valence-corrected chi connectivity index (χ3v) is 9.40. The Balaban J connectivity index is 1.32. The first-order chi connectivity index (χ1) is 24.2. The van der Waals surface area contributed by atoms with E-state index >= 15 is 0 Å². The fourth-order valence-corrected chi connectivity index (χ4v) is 7.12. The molecule has 0 aliphatic rings. The van der Waals surface area contributed by atoms with E-state index in [1.165, 1.54) is 32.7 Å². The van der Waals surface area contributed by atoms with Gasteiger partial charge in [-0.3, -0.25) is 0 Å². The number of hydrogen-bond acceptors (Lipinski definition) is 1. The van der Waals surface area contributed by atoms with Crippen LogP contribution < -0.4 is 0 Å². The standard InChI is InChI=1S/C46H29N3/c1-47-44-21-9-7-18-39(44)34-27-35(43-23-12-22-42(48-43)32-14-3-2-4-15-32)29-36(28-34)49-45-24-10-8-19-40(45)41-26-25-33(30-46(41)49)38-20-11-16-31-13-5-6-17-37(31)38/h2-30H. The van der Waals surface area contributed by atoms with Gasteiger partial charge in [0.25, 0.3) is 0 Å². The van der Waals surface area contributed by atoms with Crippen LogP contribution in [0.2, 0.25) is 0 Å². The number of nitrogens with zero attached hydrogens (tertiary/aromatic N) is 3. The van der Waals surface area contributed by atoms with Crippen LogP contribution in [0.25, 0.3) is 87.9 Å². The van der Waals surface area contributed by atoms with Gasteiger partial charge in [-0.15, -0.1) is 0 Å². The van der Waals surface area contributed by atoms with Crippen molar-refractivity contribution in [3.63, 3.8) is 0 Å². The molecule has 0 amide bonds. The van der Waals surface area contributed by atoms with Gasteiger partial charge in [0.1, 0.15) is 0 Å². The highest BCUT2D eigenvalue weighted by Crippen LogP contribution is 2.40. The predicted molar refractivity (Wildman–Crippen MR) is 204 cm³/mol. The molecule has 0 N–H and O–H groups in total. The third kappa shape index (κ3) is 4.95. The van der Waals surface area contributed by atoms with Crippen LogP contribution in [0.1, 0.15) is 0 Å². The Hall–Kier alpha value is -6.76. The maximum absolute atomic E-state index is 7.95. The van der Waals surface area contributed by atoms with E-state index in [1.54, 1.807) is 0 Å². The highest BCUT2D eigenvalue weighted by molar-refractivity contribution is 6.11. The highest BCUT2D eigenvalue weighted by atomic mass is 15.0. The molecule has 0 fully saturated rings. The van der Waals surface area contributed by atoms with Gasteiger partial charge >= 0.3 is 0 Å². The number of para-hydroxylation sites is 2. The van der Waals surface area contributed by atoms with Crippen molar-refractivity contribution < 1.29 is 0 Å². The molecule has 2 heterocycles. The molecule has 0 saturated heterocycles. The Bertz CT molecular complexity index is 2720. The molecular formula is C46H29N3. The van der Waals surface area contributed by atoms with Crippen LogP contribution in [0.3, 0.4) is 0 Å². The molecule has 7 aromatic carbocycles. The molecule has 0 unspecified atom stereocenters. The number of aromatic nitrogens is 2. The molecule has 0 spiro atoms. The lowest BCUT2D eigenvalue weighted by Gasteiger charge is -2.15. The van der Waals surface area contributed by atoms with Crippen LogP contribution >= 0.6 is 0 Å². The number of fused-ring (bicyclic) bond motifs is 4. The maximum atomic E-state index is 7.95. The average Bonchev–Trinajstić information content (AvgIpc) is 3.51. The van der Waals surface area contributed by atoms with Gasteiger partial charge in [-0.1, -0.05) is 133 Å². The van der Waals surface area contributed by atoms with Gasteiger partial charge < -0.3 is 4.57 Å². The molecule has 3 heteroatoms. The summed E-state index contributed by atoms with van der Waals surface area (Å²) in [6, 6.07) is 61.5. The van der Waals surface area contributed by atoms with E-state index in [-0.39, 0.29) is 0 Å². The van der Waals surface area contributed by atoms with Crippen molar-refractivity contribution in [1.29, 1.82) is 0 Å². The highest BCUT2D eigenvalue weighted by Gasteiger charge is 2.17. The van der Waals surface area contributed by atoms with Crippen LogP contribution in [0, 0.1) is 6.57 Å². The third-order valence-electron chi connectivity index (χ3n) is 9.40.